The zero-order valence-corrected chi connectivity index (χ0v) is 17.2. The second kappa shape index (κ2) is 9.67. The van der Waals surface area contributed by atoms with E-state index in [1.54, 1.807) is 6.20 Å². The fourth-order valence-electron chi connectivity index (χ4n) is 3.62. The Morgan fingerprint density at radius 1 is 1.03 bits per heavy atom. The second-order valence-electron chi connectivity index (χ2n) is 7.35. The Labute approximate surface area is 175 Å². The molecule has 5 nitrogen and oxygen atoms in total. The number of anilines is 1. The third kappa shape index (κ3) is 5.65. The smallest absolute Gasteiger partial charge is 0.321 e. The second-order valence-corrected chi connectivity index (χ2v) is 8.38. The fraction of sp³-hybridized carbons (Fsp3) is 0.304. The number of nitrogens with zero attached hydrogens (tertiary/aromatic N) is 2. The Bertz CT molecular complexity index is 905. The van der Waals surface area contributed by atoms with Crippen LogP contribution in [0.5, 0.6) is 0 Å². The summed E-state index contributed by atoms with van der Waals surface area (Å²) in [7, 11) is 0. The van der Waals surface area contributed by atoms with E-state index in [1.165, 1.54) is 16.9 Å². The first-order chi connectivity index (χ1) is 14.3. The SMILES string of the molecule is O=C(Nc1ncc(-c2ccccc2)s1)NC1CCN(CCc2ccccc2)CC1. The molecule has 2 aromatic carbocycles. The molecule has 2 heterocycles. The van der Waals surface area contributed by atoms with E-state index in [9.17, 15) is 4.79 Å². The van der Waals surface area contributed by atoms with Gasteiger partial charge in [-0.1, -0.05) is 72.0 Å². The standard InChI is InChI=1S/C23H26N4OS/c28-22(26-23-24-17-21(29-23)19-9-5-2-6-10-19)25-20-12-15-27(16-13-20)14-11-18-7-3-1-4-8-18/h1-10,17,20H,11-16H2,(H2,24,25,26,28). The monoisotopic (exact) mass is 406 g/mol. The molecular formula is C23H26N4OS. The maximum atomic E-state index is 12.3. The van der Waals surface area contributed by atoms with Crippen molar-refractivity contribution in [2.45, 2.75) is 25.3 Å². The number of likely N-dealkylation sites (tertiary alicyclic amines) is 1. The molecule has 6 heteroatoms. The fourth-order valence-corrected chi connectivity index (χ4v) is 4.44. The summed E-state index contributed by atoms with van der Waals surface area (Å²) in [5.74, 6) is 0. The number of benzene rings is 2. The highest BCUT2D eigenvalue weighted by molar-refractivity contribution is 7.19. The molecule has 0 saturated carbocycles. The summed E-state index contributed by atoms with van der Waals surface area (Å²) in [6, 6.07) is 20.7. The van der Waals surface area contributed by atoms with Crippen molar-refractivity contribution in [1.29, 1.82) is 0 Å². The highest BCUT2D eigenvalue weighted by atomic mass is 32.1. The molecule has 29 heavy (non-hydrogen) atoms. The molecular weight excluding hydrogens is 380 g/mol. The third-order valence-electron chi connectivity index (χ3n) is 5.27. The van der Waals surface area contributed by atoms with Gasteiger partial charge >= 0.3 is 6.03 Å². The van der Waals surface area contributed by atoms with Gasteiger partial charge < -0.3 is 10.2 Å². The van der Waals surface area contributed by atoms with Crippen LogP contribution in [0, 0.1) is 0 Å². The minimum atomic E-state index is -0.165. The van der Waals surface area contributed by atoms with Crippen LogP contribution in [0.3, 0.4) is 0 Å². The summed E-state index contributed by atoms with van der Waals surface area (Å²) in [6.07, 6.45) is 4.85. The molecule has 0 atom stereocenters. The van der Waals surface area contributed by atoms with E-state index in [-0.39, 0.29) is 12.1 Å². The van der Waals surface area contributed by atoms with Crippen molar-refractivity contribution < 1.29 is 4.79 Å². The van der Waals surface area contributed by atoms with Crippen LogP contribution < -0.4 is 10.6 Å². The normalized spacial score (nSPS) is 15.2. The van der Waals surface area contributed by atoms with E-state index in [4.69, 9.17) is 0 Å². The first kappa shape index (κ1) is 19.6. The number of carbonyl (C=O) groups is 1. The van der Waals surface area contributed by atoms with E-state index in [2.05, 4.69) is 50.8 Å². The van der Waals surface area contributed by atoms with Gasteiger partial charge in [-0.05, 0) is 30.4 Å². The molecule has 150 valence electrons. The molecule has 1 saturated heterocycles. The highest BCUT2D eigenvalue weighted by Crippen LogP contribution is 2.28. The average molecular weight is 407 g/mol. The number of rotatable bonds is 6. The minimum Gasteiger partial charge on any atom is -0.335 e. The van der Waals surface area contributed by atoms with Gasteiger partial charge in [0.05, 0.1) is 4.88 Å². The Hall–Kier alpha value is -2.70. The summed E-state index contributed by atoms with van der Waals surface area (Å²) >= 11 is 1.49. The van der Waals surface area contributed by atoms with Crippen LogP contribution in [-0.4, -0.2) is 41.6 Å². The summed E-state index contributed by atoms with van der Waals surface area (Å²) < 4.78 is 0. The lowest BCUT2D eigenvalue weighted by atomic mass is 10.0. The Kier molecular flexibility index (Phi) is 6.54. The van der Waals surface area contributed by atoms with Gasteiger partial charge in [-0.15, -0.1) is 0 Å². The van der Waals surface area contributed by atoms with Gasteiger partial charge in [0.15, 0.2) is 5.13 Å². The predicted molar refractivity (Wildman–Crippen MR) is 119 cm³/mol. The molecule has 1 fully saturated rings. The van der Waals surface area contributed by atoms with Crippen LogP contribution >= 0.6 is 11.3 Å². The van der Waals surface area contributed by atoms with Gasteiger partial charge in [0.25, 0.3) is 0 Å². The predicted octanol–water partition coefficient (Wildman–Crippen LogP) is 4.64. The topological polar surface area (TPSA) is 57.3 Å². The Balaban J connectivity index is 1.20. The zero-order chi connectivity index (χ0) is 19.9. The molecule has 2 N–H and O–H groups in total. The van der Waals surface area contributed by atoms with E-state index in [0.717, 1.165) is 49.3 Å². The van der Waals surface area contributed by atoms with Crippen molar-refractivity contribution >= 4 is 22.5 Å². The molecule has 0 aliphatic carbocycles. The maximum absolute atomic E-state index is 12.3. The van der Waals surface area contributed by atoms with Crippen molar-refractivity contribution in [2.24, 2.45) is 0 Å². The van der Waals surface area contributed by atoms with Gasteiger partial charge in [0.2, 0.25) is 0 Å². The number of piperidine rings is 1. The number of aromatic nitrogens is 1. The minimum absolute atomic E-state index is 0.165. The van der Waals surface area contributed by atoms with Crippen LogP contribution in [0.2, 0.25) is 0 Å². The molecule has 1 aliphatic heterocycles. The summed E-state index contributed by atoms with van der Waals surface area (Å²) in [6.45, 7) is 3.12. The third-order valence-corrected chi connectivity index (χ3v) is 6.23. The molecule has 2 amide bonds. The first-order valence-electron chi connectivity index (χ1n) is 10.1. The van der Waals surface area contributed by atoms with Crippen molar-refractivity contribution in [2.75, 3.05) is 25.0 Å². The lowest BCUT2D eigenvalue weighted by molar-refractivity contribution is 0.197. The van der Waals surface area contributed by atoms with Gasteiger partial charge in [0, 0.05) is 31.9 Å². The molecule has 1 aliphatic rings. The van der Waals surface area contributed by atoms with Gasteiger partial charge in [-0.3, -0.25) is 5.32 Å². The van der Waals surface area contributed by atoms with Gasteiger partial charge in [0.1, 0.15) is 0 Å². The van der Waals surface area contributed by atoms with Crippen LogP contribution in [0.15, 0.2) is 66.9 Å². The lowest BCUT2D eigenvalue weighted by Gasteiger charge is -2.32. The number of hydrogen-bond acceptors (Lipinski definition) is 4. The average Bonchev–Trinajstić information content (AvgIpc) is 3.23. The molecule has 1 aromatic heterocycles. The van der Waals surface area contributed by atoms with Crippen molar-refractivity contribution in [3.8, 4) is 10.4 Å². The van der Waals surface area contributed by atoms with E-state index >= 15 is 0 Å². The van der Waals surface area contributed by atoms with E-state index in [0.29, 0.717) is 5.13 Å². The quantitative estimate of drug-likeness (QED) is 0.627. The lowest BCUT2D eigenvalue weighted by Crippen LogP contribution is -2.46. The Morgan fingerprint density at radius 3 is 2.45 bits per heavy atom. The van der Waals surface area contributed by atoms with Crippen LogP contribution in [0.4, 0.5) is 9.93 Å². The van der Waals surface area contributed by atoms with Crippen LogP contribution in [0.1, 0.15) is 18.4 Å². The van der Waals surface area contributed by atoms with Crippen LogP contribution in [0.25, 0.3) is 10.4 Å². The summed E-state index contributed by atoms with van der Waals surface area (Å²) in [4.78, 5) is 20.2. The summed E-state index contributed by atoms with van der Waals surface area (Å²) in [5.41, 5.74) is 2.49. The number of hydrogen-bond donors (Lipinski definition) is 2. The van der Waals surface area contributed by atoms with E-state index < -0.39 is 0 Å². The first-order valence-corrected chi connectivity index (χ1v) is 10.9. The number of amides is 2. The molecule has 0 radical (unpaired) electrons. The number of urea groups is 1. The molecule has 3 aromatic rings. The van der Waals surface area contributed by atoms with Gasteiger partial charge in [-0.2, -0.15) is 0 Å². The number of carbonyl (C=O) groups excluding carboxylic acids is 1. The van der Waals surface area contributed by atoms with E-state index in [1.807, 2.05) is 30.3 Å². The summed E-state index contributed by atoms with van der Waals surface area (Å²) in [5, 5.41) is 6.61. The largest absolute Gasteiger partial charge is 0.335 e. The molecule has 0 spiro atoms. The maximum Gasteiger partial charge on any atom is 0.321 e. The molecule has 4 rings (SSSR count). The van der Waals surface area contributed by atoms with Crippen molar-refractivity contribution in [3.63, 3.8) is 0 Å². The van der Waals surface area contributed by atoms with Crippen molar-refractivity contribution in [3.05, 3.63) is 72.4 Å². The zero-order valence-electron chi connectivity index (χ0n) is 16.4. The van der Waals surface area contributed by atoms with Gasteiger partial charge in [-0.25, -0.2) is 9.78 Å². The number of thiazole rings is 1. The molecule has 0 bridgehead atoms. The highest BCUT2D eigenvalue weighted by Gasteiger charge is 2.20. The van der Waals surface area contributed by atoms with Crippen molar-refractivity contribution in [1.82, 2.24) is 15.2 Å². The molecule has 0 unspecified atom stereocenters. The van der Waals surface area contributed by atoms with Crippen LogP contribution in [-0.2, 0) is 6.42 Å². The number of nitrogens with one attached hydrogen (secondary N) is 2. The Morgan fingerprint density at radius 2 is 1.72 bits per heavy atom.